The molecular formula is C43H28S. The van der Waals surface area contributed by atoms with Crippen LogP contribution in [0.1, 0.15) is 22.6 Å². The minimum absolute atomic E-state index is 0.147. The van der Waals surface area contributed by atoms with Crippen molar-refractivity contribution in [2.45, 2.75) is 15.7 Å². The van der Waals surface area contributed by atoms with Crippen LogP contribution in [0.4, 0.5) is 0 Å². The molecule has 0 aromatic heterocycles. The van der Waals surface area contributed by atoms with Crippen molar-refractivity contribution < 1.29 is 0 Å². The topological polar surface area (TPSA) is 0 Å². The predicted octanol–water partition coefficient (Wildman–Crippen LogP) is 12.1. The molecule has 1 heterocycles. The van der Waals surface area contributed by atoms with Gasteiger partial charge in [-0.3, -0.25) is 0 Å². The Morgan fingerprint density at radius 1 is 0.364 bits per heavy atom. The Hall–Kier alpha value is -5.11. The number of hydrogen-bond donors (Lipinski definition) is 0. The van der Waals surface area contributed by atoms with Crippen LogP contribution in [0.25, 0.3) is 54.6 Å². The van der Waals surface area contributed by atoms with E-state index in [-0.39, 0.29) is 5.92 Å². The highest BCUT2D eigenvalue weighted by Crippen LogP contribution is 2.53. The molecule has 0 spiro atoms. The summed E-state index contributed by atoms with van der Waals surface area (Å²) in [5.41, 5.74) is 9.16. The van der Waals surface area contributed by atoms with Crippen LogP contribution in [0, 0.1) is 0 Å². The van der Waals surface area contributed by atoms with Gasteiger partial charge in [-0.25, -0.2) is 0 Å². The summed E-state index contributed by atoms with van der Waals surface area (Å²) < 4.78 is 0. The van der Waals surface area contributed by atoms with Crippen LogP contribution in [0.15, 0.2) is 174 Å². The molecule has 0 atom stereocenters. The summed E-state index contributed by atoms with van der Waals surface area (Å²) in [6.45, 7) is 0. The monoisotopic (exact) mass is 576 g/mol. The molecule has 8 aromatic rings. The summed E-state index contributed by atoms with van der Waals surface area (Å²) in [5.74, 6) is 0.147. The van der Waals surface area contributed by atoms with Gasteiger partial charge < -0.3 is 0 Å². The quantitative estimate of drug-likeness (QED) is 0.202. The Labute approximate surface area is 261 Å². The van der Waals surface area contributed by atoms with Crippen LogP contribution in [-0.4, -0.2) is 0 Å². The van der Waals surface area contributed by atoms with E-state index in [2.05, 4.69) is 164 Å². The molecule has 0 saturated heterocycles. The highest BCUT2D eigenvalue weighted by Gasteiger charge is 2.31. The molecule has 9 rings (SSSR count). The first-order valence-electron chi connectivity index (χ1n) is 15.2. The van der Waals surface area contributed by atoms with Crippen LogP contribution in [-0.2, 0) is 0 Å². The zero-order valence-electron chi connectivity index (χ0n) is 24.1. The van der Waals surface area contributed by atoms with Crippen LogP contribution in [0.3, 0.4) is 0 Å². The van der Waals surface area contributed by atoms with Crippen molar-refractivity contribution in [3.05, 3.63) is 180 Å². The second-order valence-electron chi connectivity index (χ2n) is 11.7. The Morgan fingerprint density at radius 2 is 0.909 bits per heavy atom. The average Bonchev–Trinajstić information content (AvgIpc) is 3.10. The molecule has 8 aromatic carbocycles. The van der Waals surface area contributed by atoms with Gasteiger partial charge in [0, 0.05) is 15.7 Å². The van der Waals surface area contributed by atoms with E-state index < -0.39 is 0 Å². The van der Waals surface area contributed by atoms with E-state index in [1.807, 2.05) is 11.8 Å². The van der Waals surface area contributed by atoms with Crippen molar-refractivity contribution in [1.82, 2.24) is 0 Å². The molecule has 1 aliphatic heterocycles. The molecule has 206 valence electrons. The van der Waals surface area contributed by atoms with Gasteiger partial charge in [-0.05, 0) is 89.5 Å². The maximum Gasteiger partial charge on any atom is 0.0374 e. The van der Waals surface area contributed by atoms with Crippen molar-refractivity contribution in [3.63, 3.8) is 0 Å². The molecule has 1 aliphatic rings. The van der Waals surface area contributed by atoms with E-state index in [1.165, 1.54) is 81.1 Å². The lowest BCUT2D eigenvalue weighted by atomic mass is 9.80. The molecule has 0 N–H and O–H groups in total. The van der Waals surface area contributed by atoms with Gasteiger partial charge in [0.15, 0.2) is 0 Å². The summed E-state index contributed by atoms with van der Waals surface area (Å²) in [6.07, 6.45) is 0. The van der Waals surface area contributed by atoms with E-state index in [1.54, 1.807) is 0 Å². The molecular weight excluding hydrogens is 549 g/mol. The van der Waals surface area contributed by atoms with E-state index in [4.69, 9.17) is 0 Å². The van der Waals surface area contributed by atoms with E-state index in [0.29, 0.717) is 0 Å². The molecule has 0 radical (unpaired) electrons. The molecule has 44 heavy (non-hydrogen) atoms. The summed E-state index contributed by atoms with van der Waals surface area (Å²) in [5, 5.41) is 7.81. The third-order valence-electron chi connectivity index (χ3n) is 9.20. The maximum atomic E-state index is 2.36. The highest BCUT2D eigenvalue weighted by molar-refractivity contribution is 7.99. The molecule has 1 heteroatoms. The number of hydrogen-bond acceptors (Lipinski definition) is 1. The van der Waals surface area contributed by atoms with Crippen molar-refractivity contribution in [1.29, 1.82) is 0 Å². The normalized spacial score (nSPS) is 12.8. The van der Waals surface area contributed by atoms with Crippen molar-refractivity contribution in [2.75, 3.05) is 0 Å². The first-order chi connectivity index (χ1) is 21.8. The zero-order chi connectivity index (χ0) is 29.0. The third kappa shape index (κ3) is 4.08. The molecule has 0 saturated carbocycles. The van der Waals surface area contributed by atoms with Gasteiger partial charge in [-0.1, -0.05) is 157 Å². The maximum absolute atomic E-state index is 2.36. The van der Waals surface area contributed by atoms with Gasteiger partial charge in [0.2, 0.25) is 0 Å². The number of rotatable bonds is 3. The lowest BCUT2D eigenvalue weighted by molar-refractivity contribution is 0.926. The Kier molecular flexibility index (Phi) is 5.92. The second-order valence-corrected chi connectivity index (χ2v) is 12.7. The van der Waals surface area contributed by atoms with Crippen LogP contribution in [0.5, 0.6) is 0 Å². The zero-order valence-corrected chi connectivity index (χ0v) is 24.9. The predicted molar refractivity (Wildman–Crippen MR) is 188 cm³/mol. The number of fused-ring (bicyclic) bond motifs is 7. The first kappa shape index (κ1) is 25.4. The molecule has 0 unspecified atom stereocenters. The fraction of sp³-hybridized carbons (Fsp3) is 0.0233. The van der Waals surface area contributed by atoms with Gasteiger partial charge in [0.05, 0.1) is 0 Å². The van der Waals surface area contributed by atoms with Gasteiger partial charge in [0.1, 0.15) is 0 Å². The third-order valence-corrected chi connectivity index (χ3v) is 10.4. The molecule has 0 fully saturated rings. The fourth-order valence-corrected chi connectivity index (χ4v) is 8.30. The molecule has 0 bridgehead atoms. The van der Waals surface area contributed by atoms with E-state index >= 15 is 0 Å². The second kappa shape index (κ2) is 10.3. The minimum Gasteiger partial charge on any atom is -0.0894 e. The number of benzene rings is 8. The Bertz CT molecular complexity index is 2260. The first-order valence-corrected chi connectivity index (χ1v) is 16.0. The van der Waals surface area contributed by atoms with Crippen LogP contribution in [0.2, 0.25) is 0 Å². The van der Waals surface area contributed by atoms with Gasteiger partial charge in [-0.2, -0.15) is 0 Å². The lowest BCUT2D eigenvalue weighted by Gasteiger charge is -2.31. The Balaban J connectivity index is 1.21. The van der Waals surface area contributed by atoms with Gasteiger partial charge in [-0.15, -0.1) is 0 Å². The van der Waals surface area contributed by atoms with E-state index in [9.17, 15) is 0 Å². The average molecular weight is 577 g/mol. The molecule has 0 aliphatic carbocycles. The van der Waals surface area contributed by atoms with Crippen molar-refractivity contribution in [3.8, 4) is 22.3 Å². The lowest BCUT2D eigenvalue weighted by Crippen LogP contribution is -2.11. The van der Waals surface area contributed by atoms with Gasteiger partial charge >= 0.3 is 0 Å². The smallest absolute Gasteiger partial charge is 0.0374 e. The largest absolute Gasteiger partial charge is 0.0894 e. The Morgan fingerprint density at radius 3 is 1.59 bits per heavy atom. The van der Waals surface area contributed by atoms with Crippen molar-refractivity contribution in [2.24, 2.45) is 0 Å². The summed E-state index contributed by atoms with van der Waals surface area (Å²) in [4.78, 5) is 2.70. The van der Waals surface area contributed by atoms with Crippen LogP contribution >= 0.6 is 11.8 Å². The SMILES string of the molecule is c1ccc(-c2cccc3ccc(-c4ccc(C5c6c(ccc7ccccc67)Sc6ccc7ccccc7c65)cc4)cc23)cc1. The van der Waals surface area contributed by atoms with Gasteiger partial charge in [0.25, 0.3) is 0 Å². The summed E-state index contributed by atoms with van der Waals surface area (Å²) >= 11 is 1.91. The highest BCUT2D eigenvalue weighted by atomic mass is 32.2. The molecule has 0 amide bonds. The summed E-state index contributed by atoms with van der Waals surface area (Å²) in [6, 6.07) is 60.4. The standard InChI is InChI=1S/C43H28S/c1-2-9-29(10-3-1)35-16-8-13-32-19-22-34(27-38(32)35)28-17-20-33(21-18-28)41-42-36-14-6-4-11-30(36)23-25-39(42)44-40-26-24-31-12-5-7-15-37(31)43(40)41/h1-27,41H. The fourth-order valence-electron chi connectivity index (χ4n) is 7.11. The van der Waals surface area contributed by atoms with Crippen LogP contribution < -0.4 is 0 Å². The molecule has 0 nitrogen and oxygen atoms in total. The summed E-state index contributed by atoms with van der Waals surface area (Å²) in [7, 11) is 0. The van der Waals surface area contributed by atoms with E-state index in [0.717, 1.165) is 0 Å². The minimum atomic E-state index is 0.147. The van der Waals surface area contributed by atoms with Crippen molar-refractivity contribution >= 4 is 44.1 Å².